The average molecular weight is 412 g/mol. The van der Waals surface area contributed by atoms with Gasteiger partial charge < -0.3 is 15.5 Å². The van der Waals surface area contributed by atoms with E-state index in [1.54, 1.807) is 0 Å². The fraction of sp³-hybridized carbons (Fsp3) is 0.522. The molecule has 0 bridgehead atoms. The summed E-state index contributed by atoms with van der Waals surface area (Å²) in [4.78, 5) is 24.1. The molecule has 1 heterocycles. The van der Waals surface area contributed by atoms with Gasteiger partial charge in [-0.3, -0.25) is 4.79 Å². The summed E-state index contributed by atoms with van der Waals surface area (Å²) in [7, 11) is 4.08. The second-order valence-corrected chi connectivity index (χ2v) is 8.57. The van der Waals surface area contributed by atoms with Gasteiger partial charge >= 0.3 is 0 Å². The van der Waals surface area contributed by atoms with Crippen molar-refractivity contribution in [2.24, 2.45) is 0 Å². The molecule has 2 aliphatic rings. The van der Waals surface area contributed by atoms with Crippen molar-refractivity contribution in [1.29, 1.82) is 0 Å². The Morgan fingerprint density at radius 3 is 2.37 bits per heavy atom. The van der Waals surface area contributed by atoms with Gasteiger partial charge in [-0.25, -0.2) is 9.37 Å². The van der Waals surface area contributed by atoms with Crippen LogP contribution >= 0.6 is 0 Å². The summed E-state index contributed by atoms with van der Waals surface area (Å²) in [6, 6.07) is 6.12. The molecule has 1 aromatic carbocycles. The van der Waals surface area contributed by atoms with Crippen molar-refractivity contribution in [3.63, 3.8) is 0 Å². The van der Waals surface area contributed by atoms with E-state index in [-0.39, 0.29) is 17.8 Å². The van der Waals surface area contributed by atoms with E-state index in [9.17, 15) is 9.18 Å². The van der Waals surface area contributed by atoms with Crippen molar-refractivity contribution in [3.8, 4) is 0 Å². The van der Waals surface area contributed by atoms with E-state index >= 15 is 0 Å². The Bertz CT molecular complexity index is 891. The Hall–Kier alpha value is -2.70. The number of aromatic nitrogens is 2. The second-order valence-electron chi connectivity index (χ2n) is 8.57. The number of anilines is 2. The molecule has 7 heteroatoms. The highest BCUT2D eigenvalue weighted by atomic mass is 19.1. The zero-order valence-corrected chi connectivity index (χ0v) is 17.7. The lowest BCUT2D eigenvalue weighted by Crippen LogP contribution is -2.40. The van der Waals surface area contributed by atoms with E-state index in [0.717, 1.165) is 50.3 Å². The minimum atomic E-state index is -0.333. The maximum absolute atomic E-state index is 13.0. The molecule has 2 aromatic rings. The maximum Gasteiger partial charge on any atom is 0.251 e. The van der Waals surface area contributed by atoms with E-state index in [1.807, 2.05) is 14.1 Å². The first-order valence-corrected chi connectivity index (χ1v) is 10.9. The second kappa shape index (κ2) is 8.98. The van der Waals surface area contributed by atoms with Crippen molar-refractivity contribution < 1.29 is 9.18 Å². The molecular weight excluding hydrogens is 381 g/mol. The number of hydrogen-bond acceptors (Lipinski definition) is 5. The highest BCUT2D eigenvalue weighted by Crippen LogP contribution is 2.29. The maximum atomic E-state index is 13.0. The Morgan fingerprint density at radius 1 is 1.00 bits per heavy atom. The smallest absolute Gasteiger partial charge is 0.251 e. The third kappa shape index (κ3) is 4.71. The lowest BCUT2D eigenvalue weighted by molar-refractivity contribution is 0.0926. The van der Waals surface area contributed by atoms with Crippen LogP contribution in [-0.4, -0.2) is 42.1 Å². The first kappa shape index (κ1) is 20.6. The molecular formula is C23H30FN5O. The van der Waals surface area contributed by atoms with Gasteiger partial charge in [0, 0.05) is 37.3 Å². The van der Waals surface area contributed by atoms with Gasteiger partial charge in [0.2, 0.25) is 5.95 Å². The molecule has 0 aliphatic heterocycles. The number of rotatable bonds is 5. The molecule has 1 saturated carbocycles. The number of fused-ring (bicyclic) bond motifs is 1. The van der Waals surface area contributed by atoms with E-state index in [4.69, 9.17) is 9.97 Å². The molecule has 0 radical (unpaired) electrons. The van der Waals surface area contributed by atoms with E-state index in [0.29, 0.717) is 11.6 Å². The number of hydrogen-bond donors (Lipinski definition) is 2. The van der Waals surface area contributed by atoms with Crippen LogP contribution in [0.3, 0.4) is 0 Å². The lowest BCUT2D eigenvalue weighted by Gasteiger charge is -2.30. The van der Waals surface area contributed by atoms with Crippen LogP contribution in [0.2, 0.25) is 0 Å². The summed E-state index contributed by atoms with van der Waals surface area (Å²) in [6.45, 7) is 0. The summed E-state index contributed by atoms with van der Waals surface area (Å²) >= 11 is 0. The van der Waals surface area contributed by atoms with Crippen LogP contribution in [0.5, 0.6) is 0 Å². The SMILES string of the molecule is CN(C)c1nc(NC2CCC(NC(=O)c3ccc(F)cc3)CC2)nc2c1CCCC2. The zero-order valence-electron chi connectivity index (χ0n) is 17.7. The number of benzene rings is 1. The molecule has 1 fully saturated rings. The third-order valence-corrected chi connectivity index (χ3v) is 6.09. The summed E-state index contributed by atoms with van der Waals surface area (Å²) in [5.74, 6) is 1.28. The summed E-state index contributed by atoms with van der Waals surface area (Å²) in [5.41, 5.74) is 2.97. The van der Waals surface area contributed by atoms with Crippen molar-refractivity contribution >= 4 is 17.7 Å². The summed E-state index contributed by atoms with van der Waals surface area (Å²) in [6.07, 6.45) is 8.18. The van der Waals surface area contributed by atoms with Crippen LogP contribution in [-0.2, 0) is 12.8 Å². The number of halogens is 1. The van der Waals surface area contributed by atoms with Crippen molar-refractivity contribution in [1.82, 2.24) is 15.3 Å². The van der Waals surface area contributed by atoms with Gasteiger partial charge in [0.1, 0.15) is 11.6 Å². The van der Waals surface area contributed by atoms with E-state index in [2.05, 4.69) is 15.5 Å². The first-order valence-electron chi connectivity index (χ1n) is 10.9. The Labute approximate surface area is 177 Å². The van der Waals surface area contributed by atoms with Crippen LogP contribution in [0.15, 0.2) is 24.3 Å². The van der Waals surface area contributed by atoms with Crippen LogP contribution in [0, 0.1) is 5.82 Å². The van der Waals surface area contributed by atoms with Crippen molar-refractivity contribution in [2.75, 3.05) is 24.3 Å². The first-order chi connectivity index (χ1) is 14.5. The molecule has 0 saturated heterocycles. The summed E-state index contributed by atoms with van der Waals surface area (Å²) in [5, 5.41) is 6.61. The zero-order chi connectivity index (χ0) is 21.1. The summed E-state index contributed by atoms with van der Waals surface area (Å²) < 4.78 is 13.0. The third-order valence-electron chi connectivity index (χ3n) is 6.09. The van der Waals surface area contributed by atoms with Gasteiger partial charge in [-0.1, -0.05) is 0 Å². The highest BCUT2D eigenvalue weighted by Gasteiger charge is 2.25. The van der Waals surface area contributed by atoms with E-state index < -0.39 is 0 Å². The number of carbonyl (C=O) groups excluding carboxylic acids is 1. The van der Waals surface area contributed by atoms with Crippen molar-refractivity contribution in [3.05, 3.63) is 46.9 Å². The number of nitrogens with one attached hydrogen (secondary N) is 2. The predicted octanol–water partition coefficient (Wildman–Crippen LogP) is 3.71. The molecule has 1 amide bonds. The lowest BCUT2D eigenvalue weighted by atomic mass is 9.91. The molecule has 6 nitrogen and oxygen atoms in total. The van der Waals surface area contributed by atoms with Gasteiger partial charge in [-0.05, 0) is 75.6 Å². The fourth-order valence-electron chi connectivity index (χ4n) is 4.44. The Balaban J connectivity index is 1.34. The Kier molecular flexibility index (Phi) is 6.16. The van der Waals surface area contributed by atoms with Gasteiger partial charge in [-0.2, -0.15) is 4.98 Å². The quantitative estimate of drug-likeness (QED) is 0.785. The number of aryl methyl sites for hydroxylation is 1. The molecule has 1 aromatic heterocycles. The monoisotopic (exact) mass is 411 g/mol. The van der Waals surface area contributed by atoms with E-state index in [1.165, 1.54) is 48.4 Å². The molecule has 2 N–H and O–H groups in total. The normalized spacial score (nSPS) is 20.9. The van der Waals surface area contributed by atoms with Crippen molar-refractivity contribution in [2.45, 2.75) is 63.5 Å². The van der Waals surface area contributed by atoms with Gasteiger partial charge in [0.25, 0.3) is 5.91 Å². The van der Waals surface area contributed by atoms with Gasteiger partial charge in [0.15, 0.2) is 0 Å². The average Bonchev–Trinajstić information content (AvgIpc) is 2.75. The molecule has 4 rings (SSSR count). The molecule has 0 atom stereocenters. The minimum absolute atomic E-state index is 0.139. The minimum Gasteiger partial charge on any atom is -0.362 e. The van der Waals surface area contributed by atoms with Crippen LogP contribution < -0.4 is 15.5 Å². The molecule has 0 spiro atoms. The molecule has 2 aliphatic carbocycles. The largest absolute Gasteiger partial charge is 0.362 e. The fourth-order valence-corrected chi connectivity index (χ4v) is 4.44. The topological polar surface area (TPSA) is 70.2 Å². The standard InChI is InChI=1S/C23H30FN5O/c1-29(2)21-19-5-3-4-6-20(19)27-23(28-21)26-18-13-11-17(12-14-18)25-22(30)15-7-9-16(24)10-8-15/h7-10,17-18H,3-6,11-14H2,1-2H3,(H,25,30)(H,26,27,28). The van der Waals surface area contributed by atoms with Gasteiger partial charge in [0.05, 0.1) is 5.69 Å². The Morgan fingerprint density at radius 2 is 1.67 bits per heavy atom. The highest BCUT2D eigenvalue weighted by molar-refractivity contribution is 5.94. The molecule has 30 heavy (non-hydrogen) atoms. The number of carbonyl (C=O) groups is 1. The number of amides is 1. The van der Waals surface area contributed by atoms with Crippen LogP contribution in [0.1, 0.15) is 60.1 Å². The molecule has 160 valence electrons. The van der Waals surface area contributed by atoms with Crippen LogP contribution in [0.4, 0.5) is 16.2 Å². The van der Waals surface area contributed by atoms with Crippen LogP contribution in [0.25, 0.3) is 0 Å². The predicted molar refractivity (Wildman–Crippen MR) is 117 cm³/mol. The molecule has 0 unspecified atom stereocenters. The number of nitrogens with zero attached hydrogens (tertiary/aromatic N) is 3. The van der Waals surface area contributed by atoms with Gasteiger partial charge in [-0.15, -0.1) is 0 Å².